The summed E-state index contributed by atoms with van der Waals surface area (Å²) in [6.07, 6.45) is 3.92. The molecule has 0 atom stereocenters. The molecule has 2 N–H and O–H groups in total. The van der Waals surface area contributed by atoms with Crippen molar-refractivity contribution in [1.29, 1.82) is 0 Å². The SMILES string of the molecule is CCCC1(C(=O)N2CC(C)(O)C2)CCNCC1. The Bertz CT molecular complexity index is 282. The standard InChI is InChI=1S/C13H24N2O2/c1-3-4-13(5-7-14-8-6-13)11(16)15-9-12(2,17)10-15/h14,17H,3-10H2,1-2H3. The van der Waals surface area contributed by atoms with Crippen LogP contribution in [0.15, 0.2) is 0 Å². The predicted molar refractivity (Wildman–Crippen MR) is 66.6 cm³/mol. The molecule has 2 aliphatic heterocycles. The molecular weight excluding hydrogens is 216 g/mol. The first-order valence-electron chi connectivity index (χ1n) is 6.72. The maximum absolute atomic E-state index is 12.6. The summed E-state index contributed by atoms with van der Waals surface area (Å²) in [7, 11) is 0. The summed E-state index contributed by atoms with van der Waals surface area (Å²) >= 11 is 0. The van der Waals surface area contributed by atoms with Crippen molar-refractivity contribution in [3.8, 4) is 0 Å². The van der Waals surface area contributed by atoms with Gasteiger partial charge in [0.05, 0.1) is 24.1 Å². The third kappa shape index (κ3) is 2.47. The monoisotopic (exact) mass is 240 g/mol. The van der Waals surface area contributed by atoms with Crippen LogP contribution in [0.2, 0.25) is 0 Å². The topological polar surface area (TPSA) is 52.6 Å². The van der Waals surface area contributed by atoms with Gasteiger partial charge in [0.2, 0.25) is 5.91 Å². The molecule has 0 bridgehead atoms. The van der Waals surface area contributed by atoms with Gasteiger partial charge in [-0.2, -0.15) is 0 Å². The van der Waals surface area contributed by atoms with Crippen LogP contribution < -0.4 is 5.32 Å². The van der Waals surface area contributed by atoms with Gasteiger partial charge in [-0.25, -0.2) is 0 Å². The van der Waals surface area contributed by atoms with Crippen molar-refractivity contribution < 1.29 is 9.90 Å². The van der Waals surface area contributed by atoms with Crippen LogP contribution >= 0.6 is 0 Å². The minimum atomic E-state index is -0.657. The average molecular weight is 240 g/mol. The fourth-order valence-electron chi connectivity index (χ4n) is 3.21. The molecule has 4 heteroatoms. The van der Waals surface area contributed by atoms with E-state index < -0.39 is 5.60 Å². The first kappa shape index (κ1) is 12.8. The van der Waals surface area contributed by atoms with Crippen molar-refractivity contribution in [2.45, 2.75) is 45.1 Å². The van der Waals surface area contributed by atoms with Gasteiger partial charge in [-0.3, -0.25) is 4.79 Å². The van der Waals surface area contributed by atoms with E-state index in [2.05, 4.69) is 12.2 Å². The summed E-state index contributed by atoms with van der Waals surface area (Å²) in [4.78, 5) is 14.4. The van der Waals surface area contributed by atoms with E-state index >= 15 is 0 Å². The molecule has 0 unspecified atom stereocenters. The molecular formula is C13H24N2O2. The number of amides is 1. The number of rotatable bonds is 3. The number of carbonyl (C=O) groups is 1. The molecule has 0 saturated carbocycles. The Labute approximate surface area is 103 Å². The minimum Gasteiger partial charge on any atom is -0.386 e. The molecule has 0 aromatic rings. The predicted octanol–water partition coefficient (Wildman–Crippen LogP) is 0.749. The number of hydrogen-bond donors (Lipinski definition) is 2. The highest BCUT2D eigenvalue weighted by Gasteiger charge is 2.47. The smallest absolute Gasteiger partial charge is 0.229 e. The van der Waals surface area contributed by atoms with Crippen molar-refractivity contribution in [2.24, 2.45) is 5.41 Å². The second-order valence-corrected chi connectivity index (χ2v) is 5.94. The number of likely N-dealkylation sites (tertiary alicyclic amines) is 1. The van der Waals surface area contributed by atoms with E-state index in [9.17, 15) is 9.90 Å². The van der Waals surface area contributed by atoms with E-state index in [-0.39, 0.29) is 11.3 Å². The Balaban J connectivity index is 2.03. The van der Waals surface area contributed by atoms with E-state index in [1.54, 1.807) is 6.92 Å². The lowest BCUT2D eigenvalue weighted by atomic mass is 9.73. The summed E-state index contributed by atoms with van der Waals surface area (Å²) in [6.45, 7) is 6.83. The number of aliphatic hydroxyl groups is 1. The molecule has 17 heavy (non-hydrogen) atoms. The van der Waals surface area contributed by atoms with E-state index in [0.29, 0.717) is 13.1 Å². The molecule has 2 rings (SSSR count). The van der Waals surface area contributed by atoms with Crippen molar-refractivity contribution >= 4 is 5.91 Å². The minimum absolute atomic E-state index is 0.156. The van der Waals surface area contributed by atoms with E-state index in [0.717, 1.165) is 38.8 Å². The van der Waals surface area contributed by atoms with Crippen LogP contribution in [0.25, 0.3) is 0 Å². The zero-order valence-electron chi connectivity index (χ0n) is 11.0. The normalized spacial score (nSPS) is 26.4. The van der Waals surface area contributed by atoms with Gasteiger partial charge in [0.25, 0.3) is 0 Å². The van der Waals surface area contributed by atoms with Crippen LogP contribution in [-0.4, -0.2) is 47.7 Å². The van der Waals surface area contributed by atoms with Crippen molar-refractivity contribution in [2.75, 3.05) is 26.2 Å². The molecule has 2 heterocycles. The first-order chi connectivity index (χ1) is 7.99. The summed E-state index contributed by atoms with van der Waals surface area (Å²) < 4.78 is 0. The molecule has 4 nitrogen and oxygen atoms in total. The van der Waals surface area contributed by atoms with Crippen molar-refractivity contribution in [3.05, 3.63) is 0 Å². The van der Waals surface area contributed by atoms with E-state index in [1.165, 1.54) is 0 Å². The van der Waals surface area contributed by atoms with E-state index in [1.807, 2.05) is 4.90 Å². The van der Waals surface area contributed by atoms with Crippen LogP contribution in [0.4, 0.5) is 0 Å². The van der Waals surface area contributed by atoms with Gasteiger partial charge in [-0.1, -0.05) is 13.3 Å². The maximum atomic E-state index is 12.6. The highest BCUT2D eigenvalue weighted by atomic mass is 16.3. The zero-order valence-corrected chi connectivity index (χ0v) is 11.0. The van der Waals surface area contributed by atoms with Crippen LogP contribution in [0.1, 0.15) is 39.5 Å². The Morgan fingerprint density at radius 3 is 2.41 bits per heavy atom. The number of β-amino-alcohol motifs (C(OH)–C–C–N with tert-alkyl or cyclic N) is 1. The van der Waals surface area contributed by atoms with E-state index in [4.69, 9.17) is 0 Å². The number of hydrogen-bond acceptors (Lipinski definition) is 3. The molecule has 0 aromatic carbocycles. The molecule has 2 fully saturated rings. The van der Waals surface area contributed by atoms with Crippen molar-refractivity contribution in [1.82, 2.24) is 10.2 Å². The number of carbonyl (C=O) groups excluding carboxylic acids is 1. The lowest BCUT2D eigenvalue weighted by molar-refractivity contribution is -0.165. The van der Waals surface area contributed by atoms with Crippen LogP contribution in [0.3, 0.4) is 0 Å². The molecule has 2 aliphatic rings. The van der Waals surface area contributed by atoms with Gasteiger partial charge < -0.3 is 15.3 Å². The summed E-state index contributed by atoms with van der Waals surface area (Å²) in [6, 6.07) is 0. The van der Waals surface area contributed by atoms with Crippen LogP contribution in [-0.2, 0) is 4.79 Å². The summed E-state index contributed by atoms with van der Waals surface area (Å²) in [5, 5.41) is 13.1. The van der Waals surface area contributed by atoms with Crippen molar-refractivity contribution in [3.63, 3.8) is 0 Å². The van der Waals surface area contributed by atoms with Gasteiger partial charge in [-0.05, 0) is 39.3 Å². The summed E-state index contributed by atoms with van der Waals surface area (Å²) in [5.41, 5.74) is -0.813. The second kappa shape index (κ2) is 4.58. The zero-order chi connectivity index (χ0) is 12.5. The van der Waals surface area contributed by atoms with Crippen LogP contribution in [0, 0.1) is 5.41 Å². The maximum Gasteiger partial charge on any atom is 0.229 e. The molecule has 98 valence electrons. The highest BCUT2D eigenvalue weighted by molar-refractivity contribution is 5.84. The lowest BCUT2D eigenvalue weighted by Gasteiger charge is -2.49. The summed E-state index contributed by atoms with van der Waals surface area (Å²) in [5.74, 6) is 0.271. The largest absolute Gasteiger partial charge is 0.386 e. The van der Waals surface area contributed by atoms with Gasteiger partial charge in [0, 0.05) is 0 Å². The Hall–Kier alpha value is -0.610. The van der Waals surface area contributed by atoms with Crippen LogP contribution in [0.5, 0.6) is 0 Å². The third-order valence-corrected chi connectivity index (χ3v) is 4.09. The van der Waals surface area contributed by atoms with Gasteiger partial charge in [0.15, 0.2) is 0 Å². The Kier molecular flexibility index (Phi) is 3.46. The second-order valence-electron chi connectivity index (χ2n) is 5.94. The fraction of sp³-hybridized carbons (Fsp3) is 0.923. The van der Waals surface area contributed by atoms with Gasteiger partial charge in [0.1, 0.15) is 0 Å². The molecule has 0 spiro atoms. The third-order valence-electron chi connectivity index (χ3n) is 4.09. The highest BCUT2D eigenvalue weighted by Crippen LogP contribution is 2.38. The molecule has 0 aromatic heterocycles. The van der Waals surface area contributed by atoms with Gasteiger partial charge >= 0.3 is 0 Å². The first-order valence-corrected chi connectivity index (χ1v) is 6.72. The van der Waals surface area contributed by atoms with Gasteiger partial charge in [-0.15, -0.1) is 0 Å². The fourth-order valence-corrected chi connectivity index (χ4v) is 3.21. The molecule has 1 amide bonds. The molecule has 0 aliphatic carbocycles. The molecule has 2 saturated heterocycles. The Morgan fingerprint density at radius 2 is 1.94 bits per heavy atom. The quantitative estimate of drug-likeness (QED) is 0.765. The molecule has 0 radical (unpaired) electrons. The number of nitrogens with zero attached hydrogens (tertiary/aromatic N) is 1. The number of piperidine rings is 1. The number of nitrogens with one attached hydrogen (secondary N) is 1. The Morgan fingerprint density at radius 1 is 1.35 bits per heavy atom. The lowest BCUT2D eigenvalue weighted by Crippen LogP contribution is -2.65. The average Bonchev–Trinajstić information content (AvgIpc) is 2.26.